The van der Waals surface area contributed by atoms with Gasteiger partial charge in [0.25, 0.3) is 11.8 Å². The molecule has 0 aliphatic carbocycles. The van der Waals surface area contributed by atoms with Gasteiger partial charge in [0.2, 0.25) is 0 Å². The van der Waals surface area contributed by atoms with Crippen molar-refractivity contribution in [3.63, 3.8) is 0 Å². The molecule has 0 saturated heterocycles. The topological polar surface area (TPSA) is 83.8 Å². The van der Waals surface area contributed by atoms with Crippen molar-refractivity contribution in [2.24, 2.45) is 0 Å². The second-order valence-corrected chi connectivity index (χ2v) is 7.14. The van der Waals surface area contributed by atoms with Crippen LogP contribution in [-0.4, -0.2) is 21.1 Å². The van der Waals surface area contributed by atoms with Crippen molar-refractivity contribution >= 4 is 57.4 Å². The zero-order valence-electron chi connectivity index (χ0n) is 11.8. The Labute approximate surface area is 149 Å². The fraction of sp³-hybridized carbons (Fsp3) is 0. The third kappa shape index (κ3) is 2.66. The molecule has 0 aliphatic rings. The van der Waals surface area contributed by atoms with E-state index in [-0.39, 0.29) is 17.8 Å². The van der Waals surface area contributed by atoms with Crippen molar-refractivity contribution < 1.29 is 9.21 Å². The van der Waals surface area contributed by atoms with E-state index < -0.39 is 0 Å². The molecule has 0 unspecified atom stereocenters. The number of carbonyl (C=O) groups excluding carboxylic acids is 1. The number of para-hydroxylation sites is 1. The Morgan fingerprint density at radius 1 is 1.25 bits per heavy atom. The monoisotopic (exact) mass is 378 g/mol. The quantitative estimate of drug-likeness (QED) is 0.534. The first-order chi connectivity index (χ1) is 11.6. The predicted octanol–water partition coefficient (Wildman–Crippen LogP) is 4.84. The van der Waals surface area contributed by atoms with Crippen molar-refractivity contribution in [3.8, 4) is 11.5 Å². The Bertz CT molecular complexity index is 1050. The second kappa shape index (κ2) is 5.94. The number of rotatable bonds is 3. The van der Waals surface area contributed by atoms with Crippen LogP contribution in [0.1, 0.15) is 10.4 Å². The smallest absolute Gasteiger partial charge is 0.322 e. The summed E-state index contributed by atoms with van der Waals surface area (Å²) in [7, 11) is 0. The number of aromatic amines is 1. The molecule has 24 heavy (non-hydrogen) atoms. The van der Waals surface area contributed by atoms with E-state index in [2.05, 4.69) is 20.5 Å². The maximum Gasteiger partial charge on any atom is 0.322 e. The maximum absolute atomic E-state index is 12.4. The Balaban J connectivity index is 1.60. The Kier molecular flexibility index (Phi) is 3.76. The van der Waals surface area contributed by atoms with Crippen LogP contribution >= 0.6 is 34.5 Å². The second-order valence-electron chi connectivity index (χ2n) is 4.85. The Morgan fingerprint density at radius 3 is 2.88 bits per heavy atom. The summed E-state index contributed by atoms with van der Waals surface area (Å²) in [6, 6.07) is 9.11. The summed E-state index contributed by atoms with van der Waals surface area (Å²) in [5.74, 6) is -0.158. The van der Waals surface area contributed by atoms with E-state index in [9.17, 15) is 4.79 Å². The number of hydrogen-bond acceptors (Lipinski definition) is 5. The molecular weight excluding hydrogens is 371 g/mol. The average Bonchev–Trinajstić information content (AvgIpc) is 3.25. The van der Waals surface area contributed by atoms with Gasteiger partial charge in [-0.3, -0.25) is 10.1 Å². The number of halogens is 2. The number of benzene rings is 1. The van der Waals surface area contributed by atoms with Crippen LogP contribution in [0.4, 0.5) is 6.01 Å². The number of fused-ring (bicyclic) bond motifs is 1. The number of carbonyl (C=O) groups is 1. The molecule has 120 valence electrons. The van der Waals surface area contributed by atoms with Gasteiger partial charge in [0.15, 0.2) is 0 Å². The van der Waals surface area contributed by atoms with Crippen molar-refractivity contribution in [1.29, 1.82) is 0 Å². The lowest BCUT2D eigenvalue weighted by atomic mass is 10.2. The molecule has 1 aromatic carbocycles. The molecule has 4 rings (SSSR count). The molecule has 3 aromatic heterocycles. The Hall–Kier alpha value is -2.35. The summed E-state index contributed by atoms with van der Waals surface area (Å²) in [6.45, 7) is 0. The maximum atomic E-state index is 12.4. The summed E-state index contributed by atoms with van der Waals surface area (Å²) in [5, 5.41) is 11.1. The normalized spacial score (nSPS) is 11.1. The van der Waals surface area contributed by atoms with Gasteiger partial charge in [0.1, 0.15) is 4.34 Å². The molecule has 0 saturated carbocycles. The van der Waals surface area contributed by atoms with Crippen LogP contribution in [0.25, 0.3) is 22.4 Å². The van der Waals surface area contributed by atoms with Gasteiger partial charge >= 0.3 is 6.01 Å². The number of hydrogen-bond donors (Lipinski definition) is 2. The van der Waals surface area contributed by atoms with Gasteiger partial charge in [-0.25, -0.2) is 0 Å². The van der Waals surface area contributed by atoms with Crippen LogP contribution in [-0.2, 0) is 0 Å². The molecule has 4 aromatic rings. The van der Waals surface area contributed by atoms with Crippen LogP contribution in [0.15, 0.2) is 40.9 Å². The molecule has 9 heteroatoms. The lowest BCUT2D eigenvalue weighted by molar-refractivity contribution is 0.102. The molecule has 0 spiro atoms. The average molecular weight is 379 g/mol. The van der Waals surface area contributed by atoms with E-state index in [1.54, 1.807) is 12.3 Å². The third-order valence-electron chi connectivity index (χ3n) is 3.37. The number of anilines is 1. The highest BCUT2D eigenvalue weighted by molar-refractivity contribution is 7.20. The zero-order valence-corrected chi connectivity index (χ0v) is 14.2. The Morgan fingerprint density at radius 2 is 2.08 bits per heavy atom. The summed E-state index contributed by atoms with van der Waals surface area (Å²) in [5.41, 5.74) is 1.89. The van der Waals surface area contributed by atoms with E-state index in [0.29, 0.717) is 19.8 Å². The highest BCUT2D eigenvalue weighted by Crippen LogP contribution is 2.37. The fourth-order valence-electron chi connectivity index (χ4n) is 2.29. The zero-order chi connectivity index (χ0) is 16.7. The number of nitrogens with zero attached hydrogens (tertiary/aromatic N) is 2. The van der Waals surface area contributed by atoms with Crippen LogP contribution < -0.4 is 5.32 Å². The molecule has 0 fully saturated rings. The molecule has 1 amide bonds. The lowest BCUT2D eigenvalue weighted by Gasteiger charge is -1.98. The molecule has 2 N–H and O–H groups in total. The van der Waals surface area contributed by atoms with Crippen molar-refractivity contribution in [1.82, 2.24) is 15.2 Å². The predicted molar refractivity (Wildman–Crippen MR) is 93.9 cm³/mol. The van der Waals surface area contributed by atoms with Crippen molar-refractivity contribution in [3.05, 3.63) is 50.8 Å². The van der Waals surface area contributed by atoms with Crippen LogP contribution in [0.3, 0.4) is 0 Å². The summed E-state index contributed by atoms with van der Waals surface area (Å²) >= 11 is 13.2. The number of aromatic nitrogens is 3. The number of thiophene rings is 1. The van der Waals surface area contributed by atoms with Gasteiger partial charge in [-0.2, -0.15) is 0 Å². The van der Waals surface area contributed by atoms with E-state index >= 15 is 0 Å². The fourth-order valence-corrected chi connectivity index (χ4v) is 3.74. The first-order valence-electron chi connectivity index (χ1n) is 6.78. The lowest BCUT2D eigenvalue weighted by Crippen LogP contribution is -2.11. The molecule has 0 radical (unpaired) electrons. The molecular formula is C15H8Cl2N4O2S. The van der Waals surface area contributed by atoms with E-state index in [1.807, 2.05) is 24.3 Å². The molecule has 0 aliphatic heterocycles. The number of amides is 1. The molecule has 0 bridgehead atoms. The van der Waals surface area contributed by atoms with Crippen LogP contribution in [0, 0.1) is 0 Å². The van der Waals surface area contributed by atoms with Gasteiger partial charge in [0.05, 0.1) is 15.5 Å². The van der Waals surface area contributed by atoms with Gasteiger partial charge in [0, 0.05) is 17.1 Å². The van der Waals surface area contributed by atoms with Gasteiger partial charge in [-0.05, 0) is 12.1 Å². The minimum absolute atomic E-state index is 0.0151. The first-order valence-corrected chi connectivity index (χ1v) is 8.35. The highest BCUT2D eigenvalue weighted by atomic mass is 35.5. The minimum atomic E-state index is -0.350. The molecule has 6 nitrogen and oxygen atoms in total. The van der Waals surface area contributed by atoms with Gasteiger partial charge in [-0.1, -0.05) is 46.5 Å². The standard InChI is InChI=1S/C15H8Cl2N4O2S/c16-11-5-8(12(17)24-11)14-20-21-15(23-14)19-13(22)9-6-18-10-4-2-1-3-7(9)10/h1-6,18H,(H,19,21,22). The molecule has 3 heterocycles. The minimum Gasteiger partial charge on any atom is -0.403 e. The van der Waals surface area contributed by atoms with Crippen molar-refractivity contribution in [2.75, 3.05) is 5.32 Å². The van der Waals surface area contributed by atoms with Crippen molar-refractivity contribution in [2.45, 2.75) is 0 Å². The van der Waals surface area contributed by atoms with E-state index in [4.69, 9.17) is 27.6 Å². The van der Waals surface area contributed by atoms with E-state index in [0.717, 1.165) is 10.9 Å². The number of nitrogens with one attached hydrogen (secondary N) is 2. The number of H-pyrrole nitrogens is 1. The third-order valence-corrected chi connectivity index (χ3v) is 4.85. The van der Waals surface area contributed by atoms with Gasteiger partial charge < -0.3 is 9.40 Å². The van der Waals surface area contributed by atoms with Crippen LogP contribution in [0.5, 0.6) is 0 Å². The van der Waals surface area contributed by atoms with E-state index in [1.165, 1.54) is 11.3 Å². The SMILES string of the molecule is O=C(Nc1nnc(-c2cc(Cl)sc2Cl)o1)c1c[nH]c2ccccc12. The summed E-state index contributed by atoms with van der Waals surface area (Å²) in [4.78, 5) is 15.4. The van der Waals surface area contributed by atoms with Gasteiger partial charge in [-0.15, -0.1) is 16.4 Å². The summed E-state index contributed by atoms with van der Waals surface area (Å²) < 4.78 is 6.40. The largest absolute Gasteiger partial charge is 0.403 e. The molecule has 0 atom stereocenters. The first kappa shape index (κ1) is 15.2. The summed E-state index contributed by atoms with van der Waals surface area (Å²) in [6.07, 6.45) is 1.63. The van der Waals surface area contributed by atoms with Crippen LogP contribution in [0.2, 0.25) is 8.67 Å². The highest BCUT2D eigenvalue weighted by Gasteiger charge is 2.18.